The van der Waals surface area contributed by atoms with Crippen LogP contribution in [-0.4, -0.2) is 14.9 Å². The summed E-state index contributed by atoms with van der Waals surface area (Å²) in [4.78, 5) is 26.2. The lowest BCUT2D eigenvalue weighted by molar-refractivity contribution is -0.117. The molecule has 0 aliphatic carbocycles. The molecule has 1 atom stereocenters. The number of Topliss-reactive ketones (excluding diaryl/α,β-unsaturated/α-hetero) is 1. The average Bonchev–Trinajstić information content (AvgIpc) is 2.80. The van der Waals surface area contributed by atoms with E-state index in [1.54, 1.807) is 11.5 Å². The summed E-state index contributed by atoms with van der Waals surface area (Å²) in [6.45, 7) is 1.54. The highest BCUT2D eigenvalue weighted by atomic mass is 32.1. The number of nitrogens with zero attached hydrogens (tertiary/aromatic N) is 2. The molecule has 0 N–H and O–H groups in total. The molecule has 0 saturated heterocycles. The summed E-state index contributed by atoms with van der Waals surface area (Å²) >= 11 is 5.83. The van der Waals surface area contributed by atoms with Gasteiger partial charge in [0.1, 0.15) is 11.5 Å². The molecule has 6 heteroatoms. The Morgan fingerprint density at radius 1 is 0.875 bits per heavy atom. The molecule has 0 radical (unpaired) electrons. The van der Waals surface area contributed by atoms with Crippen molar-refractivity contribution in [2.75, 3.05) is 0 Å². The van der Waals surface area contributed by atoms with Crippen LogP contribution in [0.3, 0.4) is 0 Å². The van der Waals surface area contributed by atoms with Gasteiger partial charge in [-0.2, -0.15) is 0 Å². The molecule has 5 nitrogen and oxygen atoms in total. The molecule has 158 valence electrons. The minimum Gasteiger partial charge on any atom is -0.440 e. The van der Waals surface area contributed by atoms with Crippen molar-refractivity contribution >= 4 is 18.0 Å². The Hall–Kier alpha value is -3.77. The number of hydrogen-bond donors (Lipinski definition) is 0. The van der Waals surface area contributed by atoms with Crippen molar-refractivity contribution in [2.24, 2.45) is 0 Å². The number of benzene rings is 3. The molecule has 0 spiro atoms. The van der Waals surface area contributed by atoms with Gasteiger partial charge in [-0.1, -0.05) is 54.6 Å². The van der Waals surface area contributed by atoms with E-state index in [9.17, 15) is 9.59 Å². The molecule has 5 rings (SSSR count). The SMILES string of the molecule is CC(=O)CC1c2ccccc2Oc2c1c(=O)n(-c1ccccc1)c(=S)n2-c1ccccc1. The van der Waals surface area contributed by atoms with Gasteiger partial charge in [0, 0.05) is 17.9 Å². The average molecular weight is 441 g/mol. The topological polar surface area (TPSA) is 53.2 Å². The Bertz CT molecular complexity index is 1440. The van der Waals surface area contributed by atoms with Crippen molar-refractivity contribution in [3.63, 3.8) is 0 Å². The van der Waals surface area contributed by atoms with Crippen molar-refractivity contribution < 1.29 is 9.53 Å². The van der Waals surface area contributed by atoms with E-state index in [0.29, 0.717) is 27.7 Å². The highest BCUT2D eigenvalue weighted by Gasteiger charge is 2.34. The first-order chi connectivity index (χ1) is 15.6. The fourth-order valence-corrected chi connectivity index (χ4v) is 4.61. The van der Waals surface area contributed by atoms with Gasteiger partial charge < -0.3 is 4.74 Å². The second-order valence-corrected chi connectivity index (χ2v) is 8.11. The molecule has 32 heavy (non-hydrogen) atoms. The van der Waals surface area contributed by atoms with Crippen LogP contribution in [0.1, 0.15) is 30.4 Å². The third-order valence-electron chi connectivity index (χ3n) is 5.62. The Morgan fingerprint density at radius 2 is 1.44 bits per heavy atom. The Balaban J connectivity index is 1.91. The van der Waals surface area contributed by atoms with Crippen molar-refractivity contribution in [1.29, 1.82) is 0 Å². The number of rotatable bonds is 4. The molecular weight excluding hydrogens is 420 g/mol. The first kappa shape index (κ1) is 20.2. The quantitative estimate of drug-likeness (QED) is 0.389. The summed E-state index contributed by atoms with van der Waals surface area (Å²) in [5.41, 5.74) is 2.42. The number of carbonyl (C=O) groups excluding carboxylic acids is 1. The Kier molecular flexibility index (Phi) is 5.07. The minimum absolute atomic E-state index is 0.00275. The fourth-order valence-electron chi connectivity index (χ4n) is 4.23. The van der Waals surface area contributed by atoms with Crippen LogP contribution in [0.25, 0.3) is 11.4 Å². The third kappa shape index (κ3) is 3.29. The summed E-state index contributed by atoms with van der Waals surface area (Å²) < 4.78 is 9.90. The first-order valence-corrected chi connectivity index (χ1v) is 10.8. The number of hydrogen-bond acceptors (Lipinski definition) is 4. The van der Waals surface area contributed by atoms with E-state index in [1.807, 2.05) is 84.9 Å². The van der Waals surface area contributed by atoms with E-state index < -0.39 is 5.92 Å². The molecule has 0 bridgehead atoms. The van der Waals surface area contributed by atoms with Crippen LogP contribution in [0.4, 0.5) is 0 Å². The zero-order valence-electron chi connectivity index (χ0n) is 17.4. The van der Waals surface area contributed by atoms with E-state index in [1.165, 1.54) is 4.57 Å². The molecule has 1 unspecified atom stereocenters. The number of para-hydroxylation sites is 3. The summed E-state index contributed by atoms with van der Waals surface area (Å²) in [7, 11) is 0. The van der Waals surface area contributed by atoms with E-state index in [4.69, 9.17) is 17.0 Å². The second-order valence-electron chi connectivity index (χ2n) is 7.75. The second kappa shape index (κ2) is 8.05. The maximum absolute atomic E-state index is 13.9. The summed E-state index contributed by atoms with van der Waals surface area (Å²) in [6, 6.07) is 26.4. The van der Waals surface area contributed by atoms with Gasteiger partial charge in [0.25, 0.3) is 5.56 Å². The van der Waals surface area contributed by atoms with Gasteiger partial charge in [0.2, 0.25) is 5.88 Å². The fraction of sp³-hybridized carbons (Fsp3) is 0.115. The Labute approximate surface area is 190 Å². The maximum atomic E-state index is 13.9. The van der Waals surface area contributed by atoms with Crippen molar-refractivity contribution in [2.45, 2.75) is 19.3 Å². The smallest absolute Gasteiger partial charge is 0.266 e. The predicted molar refractivity (Wildman–Crippen MR) is 126 cm³/mol. The Morgan fingerprint density at radius 3 is 2.06 bits per heavy atom. The molecule has 1 aliphatic rings. The summed E-state index contributed by atoms with van der Waals surface area (Å²) in [5, 5.41) is 0. The molecule has 0 amide bonds. The molecular formula is C26H20N2O3S. The van der Waals surface area contributed by atoms with Crippen LogP contribution in [0.5, 0.6) is 11.6 Å². The zero-order chi connectivity index (χ0) is 22.2. The van der Waals surface area contributed by atoms with Crippen LogP contribution >= 0.6 is 12.2 Å². The van der Waals surface area contributed by atoms with Gasteiger partial charge in [0.05, 0.1) is 16.9 Å². The van der Waals surface area contributed by atoms with Crippen LogP contribution in [-0.2, 0) is 4.79 Å². The lowest BCUT2D eigenvalue weighted by Crippen LogP contribution is -2.32. The number of ether oxygens (including phenoxy) is 1. The van der Waals surface area contributed by atoms with E-state index in [2.05, 4.69) is 0 Å². The maximum Gasteiger partial charge on any atom is 0.266 e. The lowest BCUT2D eigenvalue weighted by Gasteiger charge is -2.30. The largest absolute Gasteiger partial charge is 0.440 e. The van der Waals surface area contributed by atoms with Crippen molar-refractivity contribution in [1.82, 2.24) is 9.13 Å². The first-order valence-electron chi connectivity index (χ1n) is 10.4. The number of fused-ring (bicyclic) bond motifs is 2. The molecule has 0 fully saturated rings. The summed E-state index contributed by atoms with van der Waals surface area (Å²) in [6.07, 6.45) is 0.197. The van der Waals surface area contributed by atoms with Crippen molar-refractivity contribution in [3.8, 4) is 23.0 Å². The lowest BCUT2D eigenvalue weighted by atomic mass is 9.86. The normalized spacial score (nSPS) is 14.2. The van der Waals surface area contributed by atoms with Gasteiger partial charge in [-0.25, -0.2) is 0 Å². The number of carbonyl (C=O) groups is 1. The standard InChI is InChI=1S/C26H20N2O3S/c1-17(29)16-21-20-14-8-9-15-22(20)31-25-23(21)24(30)27(18-10-4-2-5-11-18)26(32)28(25)19-12-6-3-7-13-19/h2-15,21H,16H2,1H3. The monoisotopic (exact) mass is 440 g/mol. The number of aromatic nitrogens is 2. The van der Waals surface area contributed by atoms with Crippen LogP contribution in [0.2, 0.25) is 0 Å². The van der Waals surface area contributed by atoms with Gasteiger partial charge >= 0.3 is 0 Å². The molecule has 1 aliphatic heterocycles. The van der Waals surface area contributed by atoms with Gasteiger partial charge in [-0.15, -0.1) is 0 Å². The number of ketones is 1. The van der Waals surface area contributed by atoms with Gasteiger partial charge in [-0.05, 0) is 49.5 Å². The molecule has 3 aromatic carbocycles. The van der Waals surface area contributed by atoms with E-state index >= 15 is 0 Å². The molecule has 4 aromatic rings. The van der Waals surface area contributed by atoms with Crippen molar-refractivity contribution in [3.05, 3.63) is 111 Å². The summed E-state index contributed by atoms with van der Waals surface area (Å²) in [5.74, 6) is 0.558. The predicted octanol–water partition coefficient (Wildman–Crippen LogP) is 5.57. The molecule has 0 saturated carbocycles. The van der Waals surface area contributed by atoms with Gasteiger partial charge in [0.15, 0.2) is 4.77 Å². The van der Waals surface area contributed by atoms with Crippen LogP contribution in [0, 0.1) is 4.77 Å². The van der Waals surface area contributed by atoms with Crippen LogP contribution < -0.4 is 10.3 Å². The zero-order valence-corrected chi connectivity index (χ0v) is 18.2. The van der Waals surface area contributed by atoms with E-state index in [0.717, 1.165) is 11.3 Å². The molecule has 1 aromatic heterocycles. The van der Waals surface area contributed by atoms with Crippen LogP contribution in [0.15, 0.2) is 89.7 Å². The van der Waals surface area contributed by atoms with E-state index in [-0.39, 0.29) is 17.8 Å². The third-order valence-corrected chi connectivity index (χ3v) is 5.98. The van der Waals surface area contributed by atoms with Gasteiger partial charge in [-0.3, -0.25) is 18.7 Å². The highest BCUT2D eigenvalue weighted by Crippen LogP contribution is 2.45. The minimum atomic E-state index is -0.430. The molecule has 2 heterocycles. The highest BCUT2D eigenvalue weighted by molar-refractivity contribution is 7.71.